The Morgan fingerprint density at radius 3 is 2.72 bits per heavy atom. The second-order valence-electron chi connectivity index (χ2n) is 7.62. The average molecular weight is 333 g/mol. The molecule has 2 aliphatic rings. The molecule has 128 valence electrons. The number of hydrogen-bond acceptors (Lipinski definition) is 4. The molecule has 0 radical (unpaired) electrons. The molecule has 0 bridgehead atoms. The van der Waals surface area contributed by atoms with Crippen LogP contribution in [0, 0.1) is 5.41 Å². The summed E-state index contributed by atoms with van der Waals surface area (Å²) in [5.41, 5.74) is 4.96. The molecule has 1 aliphatic carbocycles. The smallest absolute Gasteiger partial charge is 0.139 e. The highest BCUT2D eigenvalue weighted by Crippen LogP contribution is 2.46. The van der Waals surface area contributed by atoms with E-state index in [4.69, 9.17) is 0 Å². The van der Waals surface area contributed by atoms with E-state index in [0.717, 1.165) is 23.3 Å². The summed E-state index contributed by atoms with van der Waals surface area (Å²) in [7, 11) is 0. The van der Waals surface area contributed by atoms with Gasteiger partial charge in [0.1, 0.15) is 12.0 Å². The van der Waals surface area contributed by atoms with E-state index in [0.29, 0.717) is 5.41 Å². The molecule has 1 aliphatic heterocycles. The van der Waals surface area contributed by atoms with Gasteiger partial charge < -0.3 is 9.88 Å². The zero-order valence-electron chi connectivity index (χ0n) is 14.4. The van der Waals surface area contributed by atoms with Gasteiger partial charge in [0.2, 0.25) is 0 Å². The number of fused-ring (bicyclic) bond motifs is 1. The Morgan fingerprint density at radius 1 is 1.04 bits per heavy atom. The van der Waals surface area contributed by atoms with Gasteiger partial charge in [-0.1, -0.05) is 19.3 Å². The van der Waals surface area contributed by atoms with Crippen LogP contribution in [0.1, 0.15) is 38.5 Å². The van der Waals surface area contributed by atoms with Crippen LogP contribution in [-0.4, -0.2) is 33.0 Å². The summed E-state index contributed by atoms with van der Waals surface area (Å²) < 4.78 is 0. The van der Waals surface area contributed by atoms with Crippen LogP contribution >= 0.6 is 0 Å². The first-order valence-electron chi connectivity index (χ1n) is 9.31. The Bertz CT molecular complexity index is 879. The number of nitrogens with zero attached hydrogens (tertiary/aromatic N) is 4. The molecule has 5 rings (SSSR count). The summed E-state index contributed by atoms with van der Waals surface area (Å²) in [5.74, 6) is 0. The minimum Gasteiger partial charge on any atom is -0.370 e. The van der Waals surface area contributed by atoms with Crippen molar-refractivity contribution in [3.8, 4) is 11.1 Å². The van der Waals surface area contributed by atoms with Gasteiger partial charge in [-0.15, -0.1) is 0 Å². The molecular formula is C20H23N5. The first-order chi connectivity index (χ1) is 12.3. The summed E-state index contributed by atoms with van der Waals surface area (Å²) in [4.78, 5) is 18.8. The lowest BCUT2D eigenvalue weighted by Gasteiger charge is -2.33. The largest absolute Gasteiger partial charge is 0.370 e. The van der Waals surface area contributed by atoms with Crippen molar-refractivity contribution in [3.05, 3.63) is 37.2 Å². The van der Waals surface area contributed by atoms with E-state index >= 15 is 0 Å². The van der Waals surface area contributed by atoms with Crippen LogP contribution in [-0.2, 0) is 0 Å². The van der Waals surface area contributed by atoms with Crippen molar-refractivity contribution in [2.45, 2.75) is 38.5 Å². The minimum absolute atomic E-state index is 0.542. The maximum atomic E-state index is 4.54. The molecule has 5 heteroatoms. The van der Waals surface area contributed by atoms with Crippen molar-refractivity contribution in [2.24, 2.45) is 5.41 Å². The van der Waals surface area contributed by atoms with Crippen LogP contribution in [0.15, 0.2) is 37.2 Å². The van der Waals surface area contributed by atoms with Crippen molar-refractivity contribution >= 4 is 16.7 Å². The summed E-state index contributed by atoms with van der Waals surface area (Å²) in [6.07, 6.45) is 17.6. The topological polar surface area (TPSA) is 57.7 Å². The highest BCUT2D eigenvalue weighted by atomic mass is 15.2. The highest BCUT2D eigenvalue weighted by molar-refractivity contribution is 6.02. The predicted molar refractivity (Wildman–Crippen MR) is 99.5 cm³/mol. The number of nitrogens with one attached hydrogen (secondary N) is 1. The van der Waals surface area contributed by atoms with E-state index in [9.17, 15) is 0 Å². The van der Waals surface area contributed by atoms with Gasteiger partial charge in [-0.25, -0.2) is 15.0 Å². The highest BCUT2D eigenvalue weighted by Gasteiger charge is 2.39. The van der Waals surface area contributed by atoms with Gasteiger partial charge in [-0.2, -0.15) is 0 Å². The summed E-state index contributed by atoms with van der Waals surface area (Å²) in [6.45, 7) is 2.33. The summed E-state index contributed by atoms with van der Waals surface area (Å²) in [6, 6.07) is 2.17. The monoisotopic (exact) mass is 333 g/mol. The molecule has 3 aromatic heterocycles. The van der Waals surface area contributed by atoms with Crippen molar-refractivity contribution in [1.29, 1.82) is 0 Å². The Morgan fingerprint density at radius 2 is 1.88 bits per heavy atom. The van der Waals surface area contributed by atoms with E-state index in [1.54, 1.807) is 6.33 Å². The molecule has 4 heterocycles. The zero-order valence-corrected chi connectivity index (χ0v) is 14.4. The number of rotatable bonds is 2. The molecular weight excluding hydrogens is 310 g/mol. The number of aromatic amines is 1. The SMILES string of the molecule is c1ncc(-c2c[nH]c3nccc(N4CCC5(CCCCC5)C4)c23)cn1. The zero-order chi connectivity index (χ0) is 16.7. The van der Waals surface area contributed by atoms with Gasteiger partial charge in [0.25, 0.3) is 0 Å². The summed E-state index contributed by atoms with van der Waals surface area (Å²) >= 11 is 0. The molecule has 3 aromatic rings. The van der Waals surface area contributed by atoms with E-state index in [-0.39, 0.29) is 0 Å². The van der Waals surface area contributed by atoms with Crippen molar-refractivity contribution in [2.75, 3.05) is 18.0 Å². The first-order valence-corrected chi connectivity index (χ1v) is 9.31. The number of hydrogen-bond donors (Lipinski definition) is 1. The van der Waals surface area contributed by atoms with Crippen LogP contribution in [0.2, 0.25) is 0 Å². The van der Waals surface area contributed by atoms with E-state index in [1.807, 2.05) is 24.8 Å². The standard InChI is InChI=1S/C20H23N5/c1-2-5-20(6-3-1)7-9-25(13-20)17-4-8-23-19-18(17)16(12-24-19)15-10-21-14-22-11-15/h4,8,10-12,14H,1-3,5-7,9,13H2,(H,23,24). The molecule has 25 heavy (non-hydrogen) atoms. The molecule has 5 nitrogen and oxygen atoms in total. The quantitative estimate of drug-likeness (QED) is 0.764. The molecule has 0 amide bonds. The van der Waals surface area contributed by atoms with Crippen LogP contribution in [0.3, 0.4) is 0 Å². The van der Waals surface area contributed by atoms with Gasteiger partial charge in [-0.05, 0) is 30.7 Å². The lowest BCUT2D eigenvalue weighted by molar-refractivity contribution is 0.219. The first kappa shape index (κ1) is 14.9. The van der Waals surface area contributed by atoms with Crippen molar-refractivity contribution in [1.82, 2.24) is 19.9 Å². The van der Waals surface area contributed by atoms with E-state index in [2.05, 4.69) is 30.9 Å². The van der Waals surface area contributed by atoms with Gasteiger partial charge >= 0.3 is 0 Å². The number of anilines is 1. The number of H-pyrrole nitrogens is 1. The molecule has 1 spiro atoms. The molecule has 1 saturated heterocycles. The Labute approximate surface area is 147 Å². The molecule has 0 atom stereocenters. The molecule has 0 aromatic carbocycles. The maximum absolute atomic E-state index is 4.54. The van der Waals surface area contributed by atoms with Gasteiger partial charge in [0, 0.05) is 54.7 Å². The Balaban J connectivity index is 1.57. The van der Waals surface area contributed by atoms with Gasteiger partial charge in [0.15, 0.2) is 0 Å². The van der Waals surface area contributed by atoms with Crippen LogP contribution in [0.4, 0.5) is 5.69 Å². The third-order valence-corrected chi connectivity index (χ3v) is 6.12. The third kappa shape index (κ3) is 2.49. The van der Waals surface area contributed by atoms with Crippen LogP contribution < -0.4 is 4.90 Å². The van der Waals surface area contributed by atoms with E-state index < -0.39 is 0 Å². The third-order valence-electron chi connectivity index (χ3n) is 6.12. The minimum atomic E-state index is 0.542. The lowest BCUT2D eigenvalue weighted by atomic mass is 9.73. The van der Waals surface area contributed by atoms with Crippen molar-refractivity contribution in [3.63, 3.8) is 0 Å². The fourth-order valence-corrected chi connectivity index (χ4v) is 4.82. The average Bonchev–Trinajstić information content (AvgIpc) is 3.28. The van der Waals surface area contributed by atoms with Crippen LogP contribution in [0.25, 0.3) is 22.2 Å². The van der Waals surface area contributed by atoms with Crippen LogP contribution in [0.5, 0.6) is 0 Å². The second-order valence-corrected chi connectivity index (χ2v) is 7.62. The molecule has 0 unspecified atom stereocenters. The Kier molecular flexibility index (Phi) is 3.47. The molecule has 1 N–H and O–H groups in total. The normalized spacial score (nSPS) is 19.8. The number of pyridine rings is 1. The van der Waals surface area contributed by atoms with Crippen molar-refractivity contribution < 1.29 is 0 Å². The van der Waals surface area contributed by atoms with Gasteiger partial charge in [-0.3, -0.25) is 0 Å². The Hall–Kier alpha value is -2.43. The maximum Gasteiger partial charge on any atom is 0.139 e. The molecule has 2 fully saturated rings. The molecule has 1 saturated carbocycles. The van der Waals surface area contributed by atoms with E-state index in [1.165, 1.54) is 56.1 Å². The second kappa shape index (κ2) is 5.83. The van der Waals surface area contributed by atoms with Gasteiger partial charge in [0.05, 0.1) is 5.39 Å². The lowest BCUT2D eigenvalue weighted by Crippen LogP contribution is -2.29. The summed E-state index contributed by atoms with van der Waals surface area (Å²) in [5, 5.41) is 1.20. The number of aromatic nitrogens is 4. The fraction of sp³-hybridized carbons (Fsp3) is 0.450. The predicted octanol–water partition coefficient (Wildman–Crippen LogP) is 4.18. The fourth-order valence-electron chi connectivity index (χ4n) is 4.82.